The average Bonchev–Trinajstić information content (AvgIpc) is 3.16. The quantitative estimate of drug-likeness (QED) is 0.449. The lowest BCUT2D eigenvalue weighted by atomic mass is 10.1. The Balaban J connectivity index is 1.61. The zero-order valence-electron chi connectivity index (χ0n) is 24.6. The maximum Gasteiger partial charge on any atom is 0.410 e. The van der Waals surface area contributed by atoms with Gasteiger partial charge in [-0.05, 0) is 72.1 Å². The number of amides is 1. The molecule has 0 bridgehead atoms. The van der Waals surface area contributed by atoms with Crippen molar-refractivity contribution in [3.8, 4) is 0 Å². The van der Waals surface area contributed by atoms with Crippen LogP contribution < -0.4 is 15.5 Å². The van der Waals surface area contributed by atoms with Crippen molar-refractivity contribution in [1.29, 1.82) is 0 Å². The number of aryl methyl sites for hydroxylation is 4. The molecule has 1 fully saturated rings. The van der Waals surface area contributed by atoms with Crippen LogP contribution in [0.15, 0.2) is 18.3 Å². The predicted octanol–water partition coefficient (Wildman–Crippen LogP) is 5.03. The molecule has 4 rings (SSSR count). The minimum Gasteiger partial charge on any atom is -0.444 e. The fraction of sp³-hybridized carbons (Fsp3) is 0.536. The van der Waals surface area contributed by atoms with Crippen molar-refractivity contribution in [1.82, 2.24) is 29.6 Å². The molecule has 11 heteroatoms. The van der Waals surface area contributed by atoms with Crippen LogP contribution in [-0.2, 0) is 18.2 Å². The minimum absolute atomic E-state index is 0.0523. The Hall–Kier alpha value is -3.89. The molecule has 2 N–H and O–H groups in total. The molecule has 210 valence electrons. The molecule has 0 aliphatic carbocycles. The van der Waals surface area contributed by atoms with Crippen LogP contribution in [-0.4, -0.2) is 67.0 Å². The van der Waals surface area contributed by atoms with Gasteiger partial charge in [-0.25, -0.2) is 14.8 Å². The number of anilines is 5. The highest BCUT2D eigenvalue weighted by Gasteiger charge is 2.32. The molecule has 11 nitrogen and oxygen atoms in total. The Bertz CT molecular complexity index is 1330. The number of hydrogen-bond donors (Lipinski definition) is 2. The monoisotopic (exact) mass is 535 g/mol. The molecular formula is C28H41N9O2. The minimum atomic E-state index is -0.536. The third-order valence-electron chi connectivity index (χ3n) is 6.97. The van der Waals surface area contributed by atoms with E-state index in [9.17, 15) is 4.79 Å². The number of carbonyl (C=O) groups is 1. The van der Waals surface area contributed by atoms with Gasteiger partial charge >= 0.3 is 6.09 Å². The van der Waals surface area contributed by atoms with Gasteiger partial charge in [-0.3, -0.25) is 4.68 Å². The second-order valence-electron chi connectivity index (χ2n) is 11.2. The maximum absolute atomic E-state index is 12.7. The van der Waals surface area contributed by atoms with Crippen LogP contribution >= 0.6 is 0 Å². The lowest BCUT2D eigenvalue weighted by molar-refractivity contribution is 0.0159. The maximum atomic E-state index is 12.7. The van der Waals surface area contributed by atoms with Gasteiger partial charge in [0.25, 0.3) is 0 Å². The van der Waals surface area contributed by atoms with Crippen molar-refractivity contribution in [2.75, 3.05) is 35.2 Å². The third-order valence-corrected chi connectivity index (χ3v) is 6.97. The van der Waals surface area contributed by atoms with Crippen molar-refractivity contribution in [2.24, 2.45) is 7.05 Å². The second kappa shape index (κ2) is 11.1. The molecule has 0 radical (unpaired) electrons. The summed E-state index contributed by atoms with van der Waals surface area (Å²) in [7, 11) is 1.91. The third kappa shape index (κ3) is 6.58. The van der Waals surface area contributed by atoms with Crippen molar-refractivity contribution in [3.05, 3.63) is 40.8 Å². The number of carbonyl (C=O) groups excluding carboxylic acids is 1. The molecule has 1 atom stereocenters. The Labute approximate surface area is 231 Å². The lowest BCUT2D eigenvalue weighted by Crippen LogP contribution is -2.55. The summed E-state index contributed by atoms with van der Waals surface area (Å²) in [5.74, 6) is 2.47. The van der Waals surface area contributed by atoms with E-state index in [1.165, 1.54) is 11.1 Å². The summed E-state index contributed by atoms with van der Waals surface area (Å²) in [6.07, 6.45) is 2.44. The molecule has 3 aromatic rings. The first-order valence-electron chi connectivity index (χ1n) is 13.5. The first-order chi connectivity index (χ1) is 18.3. The van der Waals surface area contributed by atoms with Crippen molar-refractivity contribution < 1.29 is 9.53 Å². The summed E-state index contributed by atoms with van der Waals surface area (Å²) < 4.78 is 7.43. The molecule has 0 aromatic carbocycles. The highest BCUT2D eigenvalue weighted by Crippen LogP contribution is 2.30. The number of piperazine rings is 1. The first-order valence-corrected chi connectivity index (χ1v) is 13.5. The summed E-state index contributed by atoms with van der Waals surface area (Å²) in [6.45, 7) is 17.7. The van der Waals surface area contributed by atoms with Gasteiger partial charge in [-0.1, -0.05) is 6.92 Å². The molecular weight excluding hydrogens is 494 g/mol. The van der Waals surface area contributed by atoms with Crippen molar-refractivity contribution in [2.45, 2.75) is 73.5 Å². The van der Waals surface area contributed by atoms with Gasteiger partial charge < -0.3 is 25.2 Å². The van der Waals surface area contributed by atoms with E-state index in [-0.39, 0.29) is 12.1 Å². The number of rotatable bonds is 6. The topological polar surface area (TPSA) is 113 Å². The van der Waals surface area contributed by atoms with Crippen molar-refractivity contribution >= 4 is 35.2 Å². The Morgan fingerprint density at radius 3 is 2.46 bits per heavy atom. The summed E-state index contributed by atoms with van der Waals surface area (Å²) >= 11 is 0. The average molecular weight is 536 g/mol. The van der Waals surface area contributed by atoms with E-state index in [0.717, 1.165) is 23.5 Å². The van der Waals surface area contributed by atoms with Gasteiger partial charge in [-0.15, -0.1) is 0 Å². The van der Waals surface area contributed by atoms with Gasteiger partial charge in [0.1, 0.15) is 11.4 Å². The predicted molar refractivity (Wildman–Crippen MR) is 154 cm³/mol. The second-order valence-corrected chi connectivity index (χ2v) is 11.2. The standard InChI is InChI=1S/C28H41N9O2/c1-10-21-14-23(30-20(5)19(21)4)32-26-29-15-22(25(33-26)31-24-13-17(2)35(9)34-24)36-11-12-37(18(3)16-36)27(38)39-28(6,7)8/h13-15,18H,10-12,16H2,1-9H3,(H2,29,30,31,32,33,34)/t18-/m1/s1. The number of nitrogens with zero attached hydrogens (tertiary/aromatic N) is 7. The Morgan fingerprint density at radius 2 is 1.85 bits per heavy atom. The van der Waals surface area contributed by atoms with E-state index in [4.69, 9.17) is 14.7 Å². The molecule has 0 spiro atoms. The summed E-state index contributed by atoms with van der Waals surface area (Å²) in [6, 6.07) is 3.97. The van der Waals surface area contributed by atoms with Crippen LogP contribution in [0, 0.1) is 20.8 Å². The number of aromatic nitrogens is 5. The largest absolute Gasteiger partial charge is 0.444 e. The van der Waals surface area contributed by atoms with E-state index in [1.54, 1.807) is 4.90 Å². The van der Waals surface area contributed by atoms with E-state index < -0.39 is 5.60 Å². The van der Waals surface area contributed by atoms with E-state index in [0.29, 0.717) is 43.0 Å². The molecule has 1 saturated heterocycles. The summed E-state index contributed by atoms with van der Waals surface area (Å²) in [5, 5.41) is 11.2. The zero-order chi connectivity index (χ0) is 28.5. The van der Waals surface area contributed by atoms with Crippen LogP contribution in [0.4, 0.5) is 33.9 Å². The van der Waals surface area contributed by atoms with Gasteiger partial charge in [0.2, 0.25) is 5.95 Å². The van der Waals surface area contributed by atoms with Gasteiger partial charge in [0.05, 0.1) is 11.9 Å². The number of pyridine rings is 1. The number of hydrogen-bond acceptors (Lipinski definition) is 9. The van der Waals surface area contributed by atoms with Gasteiger partial charge in [0.15, 0.2) is 11.6 Å². The van der Waals surface area contributed by atoms with Crippen LogP contribution in [0.1, 0.15) is 57.1 Å². The van der Waals surface area contributed by atoms with Crippen LogP contribution in [0.2, 0.25) is 0 Å². The van der Waals surface area contributed by atoms with Crippen LogP contribution in [0.5, 0.6) is 0 Å². The summed E-state index contributed by atoms with van der Waals surface area (Å²) in [4.78, 5) is 30.9. The Kier molecular flexibility index (Phi) is 7.99. The zero-order valence-corrected chi connectivity index (χ0v) is 24.6. The number of nitrogens with one attached hydrogen (secondary N) is 2. The molecule has 4 heterocycles. The number of ether oxygens (including phenoxy) is 1. The molecule has 0 unspecified atom stereocenters. The Morgan fingerprint density at radius 1 is 1.10 bits per heavy atom. The SMILES string of the molecule is CCc1cc(Nc2ncc(N3CCN(C(=O)OC(C)(C)C)[C@H](C)C3)c(Nc3cc(C)n(C)n3)n2)nc(C)c1C. The van der Waals surface area contributed by atoms with Crippen LogP contribution in [0.3, 0.4) is 0 Å². The van der Waals surface area contributed by atoms with Gasteiger partial charge in [0, 0.05) is 50.2 Å². The van der Waals surface area contributed by atoms with E-state index >= 15 is 0 Å². The molecule has 1 aliphatic rings. The lowest BCUT2D eigenvalue weighted by Gasteiger charge is -2.41. The highest BCUT2D eigenvalue weighted by molar-refractivity contribution is 5.73. The first kappa shape index (κ1) is 28.1. The fourth-order valence-corrected chi connectivity index (χ4v) is 4.62. The molecule has 1 aliphatic heterocycles. The molecule has 3 aromatic heterocycles. The highest BCUT2D eigenvalue weighted by atomic mass is 16.6. The van der Waals surface area contributed by atoms with Crippen molar-refractivity contribution in [3.63, 3.8) is 0 Å². The van der Waals surface area contributed by atoms with Crippen LogP contribution in [0.25, 0.3) is 0 Å². The summed E-state index contributed by atoms with van der Waals surface area (Å²) in [5.41, 5.74) is 4.74. The smallest absolute Gasteiger partial charge is 0.410 e. The fourth-order valence-electron chi connectivity index (χ4n) is 4.62. The normalized spacial score (nSPS) is 15.9. The van der Waals surface area contributed by atoms with Gasteiger partial charge in [-0.2, -0.15) is 10.1 Å². The molecule has 0 saturated carbocycles. The van der Waals surface area contributed by atoms with E-state index in [2.05, 4.69) is 39.5 Å². The van der Waals surface area contributed by atoms with E-state index in [1.807, 2.05) is 71.6 Å². The molecule has 1 amide bonds. The molecule has 39 heavy (non-hydrogen) atoms.